The van der Waals surface area contributed by atoms with Crippen molar-refractivity contribution in [3.05, 3.63) is 64.6 Å². The zero-order chi connectivity index (χ0) is 15.4. The first kappa shape index (κ1) is 16.4. The first-order valence-electron chi connectivity index (χ1n) is 6.97. The fraction of sp³-hybridized carbons (Fsp3) is 0.294. The molecule has 0 amide bonds. The summed E-state index contributed by atoms with van der Waals surface area (Å²) in [6, 6.07) is 17.3. The van der Waals surface area contributed by atoms with E-state index < -0.39 is 10.8 Å². The highest BCUT2D eigenvalue weighted by Crippen LogP contribution is 2.28. The predicted octanol–water partition coefficient (Wildman–Crippen LogP) is 4.28. The summed E-state index contributed by atoms with van der Waals surface area (Å²) in [6.07, 6.45) is 0. The van der Waals surface area contributed by atoms with Crippen LogP contribution < -0.4 is 5.73 Å². The molecule has 0 heterocycles. The predicted molar refractivity (Wildman–Crippen MR) is 92.5 cm³/mol. The maximum Gasteiger partial charge on any atom is 0.0610 e. The quantitative estimate of drug-likeness (QED) is 0.858. The van der Waals surface area contributed by atoms with E-state index >= 15 is 0 Å². The summed E-state index contributed by atoms with van der Waals surface area (Å²) in [4.78, 5) is 0.814. The SMILES string of the molecule is CC(C)C(C(N)c1ccccc1)S(=O)c1cccc(Br)c1. The molecule has 112 valence electrons. The molecule has 0 saturated heterocycles. The highest BCUT2D eigenvalue weighted by atomic mass is 79.9. The third-order valence-electron chi connectivity index (χ3n) is 3.47. The number of hydrogen-bond acceptors (Lipinski definition) is 2. The topological polar surface area (TPSA) is 43.1 Å². The molecule has 0 aliphatic rings. The standard InChI is InChI=1S/C17H20BrNOS/c1-12(2)17(16(19)13-7-4-3-5-8-13)21(20)15-10-6-9-14(18)11-15/h3-12,16-17H,19H2,1-2H3. The molecule has 3 atom stereocenters. The van der Waals surface area contributed by atoms with Crippen molar-refractivity contribution >= 4 is 26.7 Å². The molecule has 2 nitrogen and oxygen atoms in total. The zero-order valence-corrected chi connectivity index (χ0v) is 14.6. The summed E-state index contributed by atoms with van der Waals surface area (Å²) in [5.74, 6) is 0.222. The number of benzene rings is 2. The summed E-state index contributed by atoms with van der Waals surface area (Å²) in [5.41, 5.74) is 7.44. The second-order valence-corrected chi connectivity index (χ2v) is 7.93. The molecule has 0 spiro atoms. The molecule has 2 rings (SSSR count). The van der Waals surface area contributed by atoms with Crippen LogP contribution in [0.5, 0.6) is 0 Å². The lowest BCUT2D eigenvalue weighted by Gasteiger charge is -2.27. The van der Waals surface area contributed by atoms with Crippen LogP contribution in [0.2, 0.25) is 0 Å². The molecule has 0 aromatic heterocycles. The van der Waals surface area contributed by atoms with Crippen LogP contribution in [0.3, 0.4) is 0 Å². The van der Waals surface area contributed by atoms with Gasteiger partial charge in [-0.1, -0.05) is 66.2 Å². The Hall–Kier alpha value is -0.970. The highest BCUT2D eigenvalue weighted by molar-refractivity contribution is 9.10. The van der Waals surface area contributed by atoms with Crippen LogP contribution in [0.25, 0.3) is 0 Å². The first-order chi connectivity index (χ1) is 10.0. The molecule has 0 bridgehead atoms. The van der Waals surface area contributed by atoms with Gasteiger partial charge >= 0.3 is 0 Å². The van der Waals surface area contributed by atoms with Crippen molar-refractivity contribution in [2.24, 2.45) is 11.7 Å². The summed E-state index contributed by atoms with van der Waals surface area (Å²) < 4.78 is 13.9. The molecule has 21 heavy (non-hydrogen) atoms. The lowest BCUT2D eigenvalue weighted by molar-refractivity contribution is 0.510. The third-order valence-corrected chi connectivity index (χ3v) is 6.01. The lowest BCUT2D eigenvalue weighted by Crippen LogP contribution is -2.34. The van der Waals surface area contributed by atoms with Gasteiger partial charge in [0, 0.05) is 15.4 Å². The van der Waals surface area contributed by atoms with Crippen LogP contribution in [0, 0.1) is 5.92 Å². The van der Waals surface area contributed by atoms with E-state index in [9.17, 15) is 4.21 Å². The molecule has 2 aromatic rings. The molecular formula is C17H20BrNOS. The van der Waals surface area contributed by atoms with Crippen LogP contribution in [0.15, 0.2) is 64.0 Å². The number of hydrogen-bond donors (Lipinski definition) is 1. The largest absolute Gasteiger partial charge is 0.323 e. The summed E-state index contributed by atoms with van der Waals surface area (Å²) in [7, 11) is -1.15. The Kier molecular flexibility index (Phi) is 5.73. The minimum atomic E-state index is -1.15. The average molecular weight is 366 g/mol. The molecule has 0 saturated carbocycles. The van der Waals surface area contributed by atoms with E-state index in [-0.39, 0.29) is 17.2 Å². The van der Waals surface area contributed by atoms with Gasteiger partial charge < -0.3 is 5.73 Å². The summed E-state index contributed by atoms with van der Waals surface area (Å²) in [6.45, 7) is 4.15. The van der Waals surface area contributed by atoms with E-state index in [4.69, 9.17) is 5.73 Å². The van der Waals surface area contributed by atoms with Crippen molar-refractivity contribution in [1.29, 1.82) is 0 Å². The molecule has 4 heteroatoms. The number of rotatable bonds is 5. The van der Waals surface area contributed by atoms with Crippen LogP contribution in [-0.2, 0) is 10.8 Å². The lowest BCUT2D eigenvalue weighted by atomic mass is 9.97. The Morgan fingerprint density at radius 3 is 2.29 bits per heavy atom. The van der Waals surface area contributed by atoms with Gasteiger partial charge in [0.2, 0.25) is 0 Å². The van der Waals surface area contributed by atoms with Gasteiger partial charge in [-0.05, 0) is 29.7 Å². The molecule has 2 aromatic carbocycles. The number of halogens is 1. The van der Waals surface area contributed by atoms with Crippen molar-refractivity contribution in [3.63, 3.8) is 0 Å². The molecule has 3 unspecified atom stereocenters. The van der Waals surface area contributed by atoms with E-state index in [1.807, 2.05) is 54.6 Å². The van der Waals surface area contributed by atoms with Crippen molar-refractivity contribution < 1.29 is 4.21 Å². The van der Waals surface area contributed by atoms with E-state index in [0.29, 0.717) is 0 Å². The van der Waals surface area contributed by atoms with Crippen LogP contribution in [0.1, 0.15) is 25.5 Å². The number of nitrogens with two attached hydrogens (primary N) is 1. The Bertz CT molecular complexity index is 615. The fourth-order valence-corrected chi connectivity index (χ4v) is 4.65. The molecule has 0 fully saturated rings. The van der Waals surface area contributed by atoms with Gasteiger partial charge in [0.25, 0.3) is 0 Å². The van der Waals surface area contributed by atoms with Crippen molar-refractivity contribution in [3.8, 4) is 0 Å². The smallest absolute Gasteiger partial charge is 0.0610 e. The Balaban J connectivity index is 2.33. The summed E-state index contributed by atoms with van der Waals surface area (Å²) >= 11 is 3.43. The van der Waals surface area contributed by atoms with Gasteiger partial charge in [-0.3, -0.25) is 4.21 Å². The van der Waals surface area contributed by atoms with E-state index in [2.05, 4.69) is 29.8 Å². The maximum absolute atomic E-state index is 13.0. The Labute approximate surface area is 137 Å². The molecule has 0 aliphatic heterocycles. The van der Waals surface area contributed by atoms with Crippen molar-refractivity contribution in [2.45, 2.75) is 30.0 Å². The van der Waals surface area contributed by atoms with Gasteiger partial charge in [-0.15, -0.1) is 0 Å². The fourth-order valence-electron chi connectivity index (χ4n) is 2.41. The summed E-state index contributed by atoms with van der Waals surface area (Å²) in [5, 5.41) is -0.123. The third kappa shape index (κ3) is 4.02. The Morgan fingerprint density at radius 2 is 1.71 bits per heavy atom. The monoisotopic (exact) mass is 365 g/mol. The normalized spacial score (nSPS) is 15.7. The first-order valence-corrected chi connectivity index (χ1v) is 8.98. The molecule has 2 N–H and O–H groups in total. The second-order valence-electron chi connectivity index (χ2n) is 5.40. The van der Waals surface area contributed by atoms with E-state index in [1.54, 1.807) is 0 Å². The van der Waals surface area contributed by atoms with Crippen molar-refractivity contribution in [2.75, 3.05) is 0 Å². The Morgan fingerprint density at radius 1 is 1.05 bits per heavy atom. The molecule has 0 radical (unpaired) electrons. The van der Waals surface area contributed by atoms with Gasteiger partial charge in [0.1, 0.15) is 0 Å². The van der Waals surface area contributed by atoms with Crippen LogP contribution >= 0.6 is 15.9 Å². The molecular weight excluding hydrogens is 346 g/mol. The van der Waals surface area contributed by atoms with Crippen LogP contribution in [0.4, 0.5) is 0 Å². The minimum Gasteiger partial charge on any atom is -0.323 e. The van der Waals surface area contributed by atoms with E-state index in [0.717, 1.165) is 14.9 Å². The zero-order valence-electron chi connectivity index (χ0n) is 12.2. The minimum absolute atomic E-state index is 0.123. The van der Waals surface area contributed by atoms with Gasteiger partial charge in [0.05, 0.1) is 16.0 Å². The van der Waals surface area contributed by atoms with Crippen molar-refractivity contribution in [1.82, 2.24) is 0 Å². The van der Waals surface area contributed by atoms with Gasteiger partial charge in [-0.2, -0.15) is 0 Å². The van der Waals surface area contributed by atoms with Gasteiger partial charge in [0.15, 0.2) is 0 Å². The molecule has 0 aliphatic carbocycles. The van der Waals surface area contributed by atoms with Crippen LogP contribution in [-0.4, -0.2) is 9.46 Å². The highest BCUT2D eigenvalue weighted by Gasteiger charge is 2.29. The maximum atomic E-state index is 13.0. The second kappa shape index (κ2) is 7.34. The average Bonchev–Trinajstić information content (AvgIpc) is 2.47. The van der Waals surface area contributed by atoms with Gasteiger partial charge in [-0.25, -0.2) is 0 Å². The van der Waals surface area contributed by atoms with E-state index in [1.165, 1.54) is 0 Å².